The van der Waals surface area contributed by atoms with Crippen LogP contribution in [0.1, 0.15) is 13.8 Å². The standard InChI is InChI=1S/C12H22N2O8S2/c1-9(7-13-3-5-23(17,18)19)10(2)12(16)11(15)8-14-4-6-24(20,21)22/h7-8,11-12,15-16H,3-6H2,1-2H3,(H,17,18,19)(H,20,21,22)/b10-9+,13-7?,14-8?. The quantitative estimate of drug-likeness (QED) is 0.272. The summed E-state index contributed by atoms with van der Waals surface area (Å²) >= 11 is 0. The minimum atomic E-state index is -4.14. The second-order valence-electron chi connectivity index (χ2n) is 4.96. The lowest BCUT2D eigenvalue weighted by Gasteiger charge is -2.16. The summed E-state index contributed by atoms with van der Waals surface area (Å²) in [6.45, 7) is 2.68. The van der Waals surface area contributed by atoms with Gasteiger partial charge in [0.05, 0.1) is 24.6 Å². The van der Waals surface area contributed by atoms with E-state index in [2.05, 4.69) is 9.98 Å². The predicted molar refractivity (Wildman–Crippen MR) is 89.9 cm³/mol. The fourth-order valence-corrected chi connectivity index (χ4v) is 2.07. The molecule has 12 heteroatoms. The van der Waals surface area contributed by atoms with Gasteiger partial charge in [-0.15, -0.1) is 0 Å². The zero-order valence-electron chi connectivity index (χ0n) is 13.3. The van der Waals surface area contributed by atoms with Crippen molar-refractivity contribution in [2.75, 3.05) is 24.6 Å². The topological polar surface area (TPSA) is 174 Å². The molecule has 10 nitrogen and oxygen atoms in total. The highest BCUT2D eigenvalue weighted by molar-refractivity contribution is 7.86. The first-order valence-corrected chi connectivity index (χ1v) is 9.99. The molecule has 2 atom stereocenters. The third kappa shape index (κ3) is 11.4. The molecule has 0 aliphatic heterocycles. The molecule has 0 rings (SSSR count). The third-order valence-electron chi connectivity index (χ3n) is 2.89. The predicted octanol–water partition coefficient (Wildman–Crippen LogP) is -1.04. The fourth-order valence-electron chi connectivity index (χ4n) is 1.39. The molecule has 0 spiro atoms. The summed E-state index contributed by atoms with van der Waals surface area (Å²) in [7, 11) is -8.23. The summed E-state index contributed by atoms with van der Waals surface area (Å²) in [4.78, 5) is 7.38. The third-order valence-corrected chi connectivity index (χ3v) is 4.29. The Morgan fingerprint density at radius 3 is 1.88 bits per heavy atom. The molecule has 4 N–H and O–H groups in total. The van der Waals surface area contributed by atoms with Crippen LogP contribution in [0, 0.1) is 0 Å². The van der Waals surface area contributed by atoms with Gasteiger partial charge in [-0.3, -0.25) is 19.1 Å². The number of aliphatic imine (C=N–C) groups is 2. The van der Waals surface area contributed by atoms with Crippen LogP contribution in [-0.2, 0) is 20.2 Å². The summed E-state index contributed by atoms with van der Waals surface area (Å²) in [6, 6.07) is 0. The molecule has 0 aromatic rings. The second kappa shape index (κ2) is 9.96. The van der Waals surface area contributed by atoms with E-state index in [9.17, 15) is 27.0 Å². The molecule has 0 aliphatic carbocycles. The van der Waals surface area contributed by atoms with Crippen molar-refractivity contribution in [3.8, 4) is 0 Å². The van der Waals surface area contributed by atoms with E-state index in [0.29, 0.717) is 11.1 Å². The van der Waals surface area contributed by atoms with Crippen molar-refractivity contribution in [2.24, 2.45) is 9.98 Å². The van der Waals surface area contributed by atoms with Gasteiger partial charge in [-0.2, -0.15) is 16.8 Å². The lowest BCUT2D eigenvalue weighted by molar-refractivity contribution is 0.0877. The van der Waals surface area contributed by atoms with E-state index >= 15 is 0 Å². The van der Waals surface area contributed by atoms with Crippen molar-refractivity contribution < 1.29 is 36.2 Å². The maximum Gasteiger partial charge on any atom is 0.266 e. The van der Waals surface area contributed by atoms with Gasteiger partial charge >= 0.3 is 0 Å². The zero-order valence-corrected chi connectivity index (χ0v) is 14.9. The van der Waals surface area contributed by atoms with Gasteiger partial charge in [0, 0.05) is 12.4 Å². The minimum Gasteiger partial charge on any atom is -0.386 e. The van der Waals surface area contributed by atoms with Crippen LogP contribution in [0.4, 0.5) is 0 Å². The van der Waals surface area contributed by atoms with Crippen molar-refractivity contribution in [1.82, 2.24) is 0 Å². The summed E-state index contributed by atoms with van der Waals surface area (Å²) in [5.41, 5.74) is 0.822. The number of hydrogen-bond acceptors (Lipinski definition) is 8. The van der Waals surface area contributed by atoms with Crippen LogP contribution in [-0.4, -0.2) is 85.4 Å². The molecule has 0 heterocycles. The Kier molecular flexibility index (Phi) is 9.47. The number of aliphatic hydroxyl groups is 2. The average molecular weight is 386 g/mol. The van der Waals surface area contributed by atoms with E-state index in [0.717, 1.165) is 6.21 Å². The number of hydrogen-bond donors (Lipinski definition) is 4. The Morgan fingerprint density at radius 1 is 0.958 bits per heavy atom. The first-order chi connectivity index (χ1) is 10.8. The first kappa shape index (κ1) is 22.8. The smallest absolute Gasteiger partial charge is 0.266 e. The van der Waals surface area contributed by atoms with Gasteiger partial charge in [-0.25, -0.2) is 0 Å². The molecule has 24 heavy (non-hydrogen) atoms. The Morgan fingerprint density at radius 2 is 1.42 bits per heavy atom. The van der Waals surface area contributed by atoms with Crippen molar-refractivity contribution in [3.63, 3.8) is 0 Å². The van der Waals surface area contributed by atoms with Crippen LogP contribution in [0.2, 0.25) is 0 Å². The van der Waals surface area contributed by atoms with E-state index in [1.54, 1.807) is 6.92 Å². The van der Waals surface area contributed by atoms with Gasteiger partial charge < -0.3 is 10.2 Å². The van der Waals surface area contributed by atoms with Gasteiger partial charge in [0.25, 0.3) is 20.2 Å². The first-order valence-electron chi connectivity index (χ1n) is 6.77. The van der Waals surface area contributed by atoms with Gasteiger partial charge in [0.15, 0.2) is 0 Å². The molecular formula is C12H22N2O8S2. The highest BCUT2D eigenvalue weighted by Gasteiger charge is 2.17. The van der Waals surface area contributed by atoms with E-state index in [4.69, 9.17) is 9.11 Å². The lowest BCUT2D eigenvalue weighted by Crippen LogP contribution is -2.29. The molecule has 0 saturated carbocycles. The lowest BCUT2D eigenvalue weighted by atomic mass is 10.0. The fraction of sp³-hybridized carbons (Fsp3) is 0.667. The van der Waals surface area contributed by atoms with E-state index < -0.39 is 43.9 Å². The largest absolute Gasteiger partial charge is 0.386 e. The van der Waals surface area contributed by atoms with E-state index in [1.165, 1.54) is 13.1 Å². The Bertz CT molecular complexity index is 695. The molecular weight excluding hydrogens is 364 g/mol. The van der Waals surface area contributed by atoms with Crippen LogP contribution in [0.3, 0.4) is 0 Å². The van der Waals surface area contributed by atoms with Crippen LogP contribution < -0.4 is 0 Å². The highest BCUT2D eigenvalue weighted by atomic mass is 32.2. The molecule has 0 amide bonds. The van der Waals surface area contributed by atoms with E-state index in [-0.39, 0.29) is 13.1 Å². The molecule has 140 valence electrons. The number of aliphatic hydroxyl groups excluding tert-OH is 2. The summed E-state index contributed by atoms with van der Waals surface area (Å²) < 4.78 is 59.1. The SMILES string of the molecule is C/C(C=NCCS(=O)(=O)O)=C(/C)C(O)C(O)C=NCCS(=O)(=O)O. The molecule has 0 radical (unpaired) electrons. The molecule has 0 aliphatic rings. The zero-order chi connectivity index (χ0) is 19.0. The van der Waals surface area contributed by atoms with Crippen molar-refractivity contribution in [3.05, 3.63) is 11.1 Å². The Labute approximate surface area is 141 Å². The number of allylic oxidation sites excluding steroid dienone is 1. The van der Waals surface area contributed by atoms with E-state index in [1.807, 2.05) is 0 Å². The summed E-state index contributed by atoms with van der Waals surface area (Å²) in [6.07, 6.45) is -0.464. The maximum atomic E-state index is 10.5. The molecule has 0 fully saturated rings. The van der Waals surface area contributed by atoms with Crippen molar-refractivity contribution in [2.45, 2.75) is 26.1 Å². The molecule has 2 unspecified atom stereocenters. The molecule has 0 saturated heterocycles. The minimum absolute atomic E-state index is 0.154. The summed E-state index contributed by atoms with van der Waals surface area (Å²) in [5.74, 6) is -1.12. The molecule has 0 aromatic carbocycles. The Balaban J connectivity index is 4.66. The molecule has 0 aromatic heterocycles. The van der Waals surface area contributed by atoms with Crippen LogP contribution in [0.5, 0.6) is 0 Å². The van der Waals surface area contributed by atoms with Crippen LogP contribution in [0.25, 0.3) is 0 Å². The van der Waals surface area contributed by atoms with Crippen molar-refractivity contribution in [1.29, 1.82) is 0 Å². The van der Waals surface area contributed by atoms with Crippen LogP contribution in [0.15, 0.2) is 21.1 Å². The van der Waals surface area contributed by atoms with Gasteiger partial charge in [-0.05, 0) is 25.0 Å². The average Bonchev–Trinajstić information content (AvgIpc) is 2.44. The summed E-state index contributed by atoms with van der Waals surface area (Å²) in [5, 5.41) is 19.7. The monoisotopic (exact) mass is 386 g/mol. The highest BCUT2D eigenvalue weighted by Crippen LogP contribution is 2.10. The van der Waals surface area contributed by atoms with Crippen molar-refractivity contribution >= 4 is 32.7 Å². The number of rotatable bonds is 10. The normalized spacial score (nSPS) is 17.2. The van der Waals surface area contributed by atoms with Gasteiger partial charge in [-0.1, -0.05) is 0 Å². The Hall–Kier alpha value is -1.18. The number of nitrogens with zero attached hydrogens (tertiary/aromatic N) is 2. The second-order valence-corrected chi connectivity index (χ2v) is 8.11. The maximum absolute atomic E-state index is 10.5. The van der Waals surface area contributed by atoms with Gasteiger partial charge in [0.1, 0.15) is 12.2 Å². The molecule has 0 bridgehead atoms. The van der Waals surface area contributed by atoms with Gasteiger partial charge in [0.2, 0.25) is 0 Å². The van der Waals surface area contributed by atoms with Crippen LogP contribution >= 0.6 is 0 Å².